The molecule has 0 aliphatic carbocycles. The predicted octanol–water partition coefficient (Wildman–Crippen LogP) is 2.28. The Morgan fingerprint density at radius 3 is 2.76 bits per heavy atom. The number of nitrogens with two attached hydrogens (primary N) is 1. The van der Waals surface area contributed by atoms with Crippen molar-refractivity contribution in [3.63, 3.8) is 0 Å². The molecule has 3 N–H and O–H groups in total. The average molecular weight is 261 g/mol. The molecule has 1 rings (SSSR count). The van der Waals surface area contributed by atoms with Crippen LogP contribution in [0.2, 0.25) is 5.02 Å². The number of nitrogens with one attached hydrogen (secondary N) is 1. The molecular formula is C12H18ClFN2O. The number of benzene rings is 1. The largest absolute Gasteiger partial charge is 0.377 e. The molecule has 0 heterocycles. The molecule has 17 heavy (non-hydrogen) atoms. The summed E-state index contributed by atoms with van der Waals surface area (Å²) in [7, 11) is 0. The molecule has 0 aliphatic heterocycles. The highest BCUT2D eigenvalue weighted by Gasteiger charge is 2.18. The smallest absolute Gasteiger partial charge is 0.127 e. The van der Waals surface area contributed by atoms with Gasteiger partial charge in [0.1, 0.15) is 5.82 Å². The van der Waals surface area contributed by atoms with Gasteiger partial charge in [-0.2, -0.15) is 0 Å². The van der Waals surface area contributed by atoms with Gasteiger partial charge in [-0.1, -0.05) is 17.7 Å². The molecule has 0 fully saturated rings. The van der Waals surface area contributed by atoms with E-state index >= 15 is 0 Å². The first kappa shape index (κ1) is 14.4. The molecule has 0 spiro atoms. The van der Waals surface area contributed by atoms with Crippen molar-refractivity contribution in [1.29, 1.82) is 0 Å². The van der Waals surface area contributed by atoms with E-state index in [4.69, 9.17) is 22.2 Å². The summed E-state index contributed by atoms with van der Waals surface area (Å²) in [6.07, 6.45) is 0.376. The molecule has 0 saturated heterocycles. The van der Waals surface area contributed by atoms with Crippen molar-refractivity contribution in [3.05, 3.63) is 34.6 Å². The van der Waals surface area contributed by atoms with Gasteiger partial charge >= 0.3 is 0 Å². The van der Waals surface area contributed by atoms with Gasteiger partial charge in [0.15, 0.2) is 0 Å². The molecule has 1 aromatic rings. The minimum absolute atomic E-state index is 0.0833. The van der Waals surface area contributed by atoms with E-state index < -0.39 is 0 Å². The Labute approximate surface area is 106 Å². The van der Waals surface area contributed by atoms with E-state index in [0.717, 1.165) is 0 Å². The second-order valence-corrected chi connectivity index (χ2v) is 4.31. The lowest BCUT2D eigenvalue weighted by Crippen LogP contribution is -2.45. The molecule has 0 aliphatic rings. The zero-order valence-electron chi connectivity index (χ0n) is 10.0. The summed E-state index contributed by atoms with van der Waals surface area (Å²) >= 11 is 5.69. The molecule has 0 radical (unpaired) electrons. The fourth-order valence-corrected chi connectivity index (χ4v) is 1.82. The van der Waals surface area contributed by atoms with Crippen LogP contribution in [0.3, 0.4) is 0 Å². The van der Waals surface area contributed by atoms with E-state index in [-0.39, 0.29) is 18.0 Å². The number of hydrogen-bond donors (Lipinski definition) is 2. The van der Waals surface area contributed by atoms with Gasteiger partial charge in [0.05, 0.1) is 12.1 Å². The van der Waals surface area contributed by atoms with Crippen molar-refractivity contribution in [1.82, 2.24) is 5.43 Å². The van der Waals surface area contributed by atoms with Crippen molar-refractivity contribution in [2.24, 2.45) is 5.84 Å². The van der Waals surface area contributed by atoms with E-state index in [0.29, 0.717) is 23.6 Å². The second-order valence-electron chi connectivity index (χ2n) is 3.87. The van der Waals surface area contributed by atoms with Crippen LogP contribution in [0.5, 0.6) is 0 Å². The highest BCUT2D eigenvalue weighted by atomic mass is 35.5. The van der Waals surface area contributed by atoms with E-state index in [1.165, 1.54) is 6.07 Å². The van der Waals surface area contributed by atoms with Gasteiger partial charge in [-0.25, -0.2) is 4.39 Å². The number of halogens is 2. The van der Waals surface area contributed by atoms with Crippen LogP contribution >= 0.6 is 11.6 Å². The summed E-state index contributed by atoms with van der Waals surface area (Å²) in [5.41, 5.74) is 3.23. The van der Waals surface area contributed by atoms with Gasteiger partial charge in [-0.15, -0.1) is 0 Å². The van der Waals surface area contributed by atoms with Crippen molar-refractivity contribution >= 4 is 11.6 Å². The van der Waals surface area contributed by atoms with Gasteiger partial charge in [-0.05, 0) is 38.0 Å². The lowest BCUT2D eigenvalue weighted by molar-refractivity contribution is 0.0474. The first-order valence-electron chi connectivity index (χ1n) is 5.60. The van der Waals surface area contributed by atoms with Crippen LogP contribution in [0, 0.1) is 5.82 Å². The molecule has 0 aromatic heterocycles. The van der Waals surface area contributed by atoms with Crippen LogP contribution in [0.1, 0.15) is 19.4 Å². The lowest BCUT2D eigenvalue weighted by atomic mass is 10.0. The van der Waals surface area contributed by atoms with E-state index in [2.05, 4.69) is 5.43 Å². The summed E-state index contributed by atoms with van der Waals surface area (Å²) in [6.45, 7) is 4.41. The quantitative estimate of drug-likeness (QED) is 0.609. The summed E-state index contributed by atoms with van der Waals surface area (Å²) in [5, 5.41) is 0.390. The Kier molecular flexibility index (Phi) is 5.85. The van der Waals surface area contributed by atoms with Crippen molar-refractivity contribution < 1.29 is 9.13 Å². The number of ether oxygens (including phenoxy) is 1. The standard InChI is InChI=1S/C12H18ClFN2O/c1-3-17-8(2)12(16-15)6-9-4-5-10(13)7-11(9)14/h4-5,7-8,12,16H,3,6,15H2,1-2H3. The zero-order valence-corrected chi connectivity index (χ0v) is 10.8. The Bertz CT molecular complexity index is 362. The van der Waals surface area contributed by atoms with Crippen molar-refractivity contribution in [2.75, 3.05) is 6.61 Å². The van der Waals surface area contributed by atoms with Gasteiger partial charge in [-0.3, -0.25) is 11.3 Å². The van der Waals surface area contributed by atoms with E-state index in [9.17, 15) is 4.39 Å². The summed E-state index contributed by atoms with van der Waals surface area (Å²) in [5.74, 6) is 5.14. The minimum atomic E-state index is -0.318. The van der Waals surface area contributed by atoms with Crippen molar-refractivity contribution in [3.8, 4) is 0 Å². The van der Waals surface area contributed by atoms with Gasteiger partial charge in [0.25, 0.3) is 0 Å². The molecule has 96 valence electrons. The van der Waals surface area contributed by atoms with Crippen LogP contribution in [0.4, 0.5) is 4.39 Å². The normalized spacial score (nSPS) is 14.6. The third-order valence-electron chi connectivity index (χ3n) is 2.67. The molecular weight excluding hydrogens is 243 g/mol. The number of hydrogen-bond acceptors (Lipinski definition) is 3. The summed E-state index contributed by atoms with van der Waals surface area (Å²) < 4.78 is 19.0. The predicted molar refractivity (Wildman–Crippen MR) is 67.3 cm³/mol. The van der Waals surface area contributed by atoms with E-state index in [1.54, 1.807) is 12.1 Å². The Hall–Kier alpha value is -0.680. The first-order valence-corrected chi connectivity index (χ1v) is 5.98. The monoisotopic (exact) mass is 260 g/mol. The highest BCUT2D eigenvalue weighted by Crippen LogP contribution is 2.17. The topological polar surface area (TPSA) is 47.3 Å². The zero-order chi connectivity index (χ0) is 12.8. The van der Waals surface area contributed by atoms with Gasteiger partial charge < -0.3 is 4.74 Å². The molecule has 2 unspecified atom stereocenters. The Balaban J connectivity index is 2.73. The minimum Gasteiger partial charge on any atom is -0.377 e. The molecule has 0 bridgehead atoms. The first-order chi connectivity index (χ1) is 8.08. The SMILES string of the molecule is CCOC(C)C(Cc1ccc(Cl)cc1F)NN. The third kappa shape index (κ3) is 4.24. The molecule has 0 saturated carbocycles. The number of rotatable bonds is 6. The Morgan fingerprint density at radius 1 is 1.53 bits per heavy atom. The lowest BCUT2D eigenvalue weighted by Gasteiger charge is -2.23. The van der Waals surface area contributed by atoms with Crippen molar-refractivity contribution in [2.45, 2.75) is 32.4 Å². The summed E-state index contributed by atoms with van der Waals surface area (Å²) in [6, 6.07) is 4.50. The van der Waals surface area contributed by atoms with Crippen LogP contribution in [-0.2, 0) is 11.2 Å². The van der Waals surface area contributed by atoms with Crippen LogP contribution in [-0.4, -0.2) is 18.8 Å². The maximum atomic E-state index is 13.6. The fraction of sp³-hybridized carbons (Fsp3) is 0.500. The highest BCUT2D eigenvalue weighted by molar-refractivity contribution is 6.30. The maximum absolute atomic E-state index is 13.6. The average Bonchev–Trinajstić information content (AvgIpc) is 2.28. The van der Waals surface area contributed by atoms with Gasteiger partial charge in [0.2, 0.25) is 0 Å². The molecule has 3 nitrogen and oxygen atoms in total. The summed E-state index contributed by atoms with van der Waals surface area (Å²) in [4.78, 5) is 0. The van der Waals surface area contributed by atoms with E-state index in [1.807, 2.05) is 13.8 Å². The third-order valence-corrected chi connectivity index (χ3v) is 2.90. The Morgan fingerprint density at radius 2 is 2.24 bits per heavy atom. The molecule has 2 atom stereocenters. The fourth-order valence-electron chi connectivity index (χ4n) is 1.66. The van der Waals surface area contributed by atoms with Crippen LogP contribution in [0.15, 0.2) is 18.2 Å². The second kappa shape index (κ2) is 6.91. The molecule has 5 heteroatoms. The maximum Gasteiger partial charge on any atom is 0.127 e. The number of hydrazine groups is 1. The van der Waals surface area contributed by atoms with Crippen LogP contribution in [0.25, 0.3) is 0 Å². The molecule has 1 aromatic carbocycles. The molecule has 0 amide bonds. The van der Waals surface area contributed by atoms with Crippen LogP contribution < -0.4 is 11.3 Å². The van der Waals surface area contributed by atoms with Gasteiger partial charge in [0, 0.05) is 11.6 Å².